The molecule has 0 saturated carbocycles. The van der Waals surface area contributed by atoms with Crippen molar-refractivity contribution in [3.05, 3.63) is 72.4 Å². The van der Waals surface area contributed by atoms with Crippen molar-refractivity contribution >= 4 is 5.69 Å². The molecule has 150 valence electrons. The molecule has 1 fully saturated rings. The van der Waals surface area contributed by atoms with Crippen LogP contribution in [0.5, 0.6) is 0 Å². The number of nitrogens with one attached hydrogen (secondary N) is 1. The molecule has 1 unspecified atom stereocenters. The fourth-order valence-electron chi connectivity index (χ4n) is 4.12. The standard InChI is InChI=1S/C24H29N5/c1-18(15-20-5-4-11-25-17-20)27-22-9-13-29(14-10-22)23-7-3-6-21(16-23)24-8-12-26-19(2)28-24/h3-8,11-12,16-18,22,27H,9-10,13-15H2,1-2H3. The summed E-state index contributed by atoms with van der Waals surface area (Å²) in [4.78, 5) is 15.5. The van der Waals surface area contributed by atoms with E-state index in [0.29, 0.717) is 12.1 Å². The molecule has 3 aromatic rings. The van der Waals surface area contributed by atoms with E-state index in [1.807, 2.05) is 37.6 Å². The van der Waals surface area contributed by atoms with Gasteiger partial charge in [0.15, 0.2) is 0 Å². The van der Waals surface area contributed by atoms with Crippen molar-refractivity contribution in [3.63, 3.8) is 0 Å². The Bertz CT molecular complexity index is 919. The maximum absolute atomic E-state index is 4.56. The largest absolute Gasteiger partial charge is 0.371 e. The zero-order valence-electron chi connectivity index (χ0n) is 17.3. The summed E-state index contributed by atoms with van der Waals surface area (Å²) in [5.41, 5.74) is 4.71. The Morgan fingerprint density at radius 2 is 1.97 bits per heavy atom. The minimum absolute atomic E-state index is 0.458. The zero-order chi connectivity index (χ0) is 20.1. The summed E-state index contributed by atoms with van der Waals surface area (Å²) in [5.74, 6) is 0.806. The first-order chi connectivity index (χ1) is 14.2. The predicted molar refractivity (Wildman–Crippen MR) is 118 cm³/mol. The second-order valence-electron chi connectivity index (χ2n) is 7.93. The molecule has 1 saturated heterocycles. The Hall–Kier alpha value is -2.79. The van der Waals surface area contributed by atoms with Gasteiger partial charge in [0.1, 0.15) is 5.82 Å². The molecule has 4 rings (SSSR count). The van der Waals surface area contributed by atoms with E-state index in [1.54, 1.807) is 0 Å². The van der Waals surface area contributed by atoms with Crippen molar-refractivity contribution < 1.29 is 0 Å². The summed E-state index contributed by atoms with van der Waals surface area (Å²) in [7, 11) is 0. The molecule has 29 heavy (non-hydrogen) atoms. The van der Waals surface area contributed by atoms with Gasteiger partial charge in [-0.1, -0.05) is 18.2 Å². The number of aromatic nitrogens is 3. The first-order valence-corrected chi connectivity index (χ1v) is 10.5. The van der Waals surface area contributed by atoms with Crippen LogP contribution in [0, 0.1) is 6.92 Å². The topological polar surface area (TPSA) is 53.9 Å². The van der Waals surface area contributed by atoms with Gasteiger partial charge in [-0.05, 0) is 62.9 Å². The summed E-state index contributed by atoms with van der Waals surface area (Å²) in [6.07, 6.45) is 8.97. The van der Waals surface area contributed by atoms with Crippen LogP contribution in [0.15, 0.2) is 61.1 Å². The molecule has 0 amide bonds. The van der Waals surface area contributed by atoms with Crippen molar-refractivity contribution in [1.29, 1.82) is 0 Å². The summed E-state index contributed by atoms with van der Waals surface area (Å²) < 4.78 is 0. The molecule has 1 N–H and O–H groups in total. The van der Waals surface area contributed by atoms with Crippen molar-refractivity contribution in [3.8, 4) is 11.3 Å². The maximum atomic E-state index is 4.56. The van der Waals surface area contributed by atoms with Gasteiger partial charge in [0.2, 0.25) is 0 Å². The average molecular weight is 388 g/mol. The number of hydrogen-bond acceptors (Lipinski definition) is 5. The molecule has 2 aromatic heterocycles. The van der Waals surface area contributed by atoms with Crippen LogP contribution in [-0.2, 0) is 6.42 Å². The van der Waals surface area contributed by atoms with Crippen LogP contribution >= 0.6 is 0 Å². The van der Waals surface area contributed by atoms with E-state index in [9.17, 15) is 0 Å². The molecule has 1 atom stereocenters. The first kappa shape index (κ1) is 19.5. The van der Waals surface area contributed by atoms with E-state index in [-0.39, 0.29) is 0 Å². The van der Waals surface area contributed by atoms with Gasteiger partial charge in [0, 0.05) is 55.0 Å². The fraction of sp³-hybridized carbons (Fsp3) is 0.375. The predicted octanol–water partition coefficient (Wildman–Crippen LogP) is 4.04. The third kappa shape index (κ3) is 5.18. The second kappa shape index (κ2) is 9.14. The van der Waals surface area contributed by atoms with Crippen LogP contribution in [-0.4, -0.2) is 40.1 Å². The number of anilines is 1. The molecule has 0 bridgehead atoms. The van der Waals surface area contributed by atoms with E-state index in [0.717, 1.165) is 49.4 Å². The van der Waals surface area contributed by atoms with Crippen LogP contribution in [0.25, 0.3) is 11.3 Å². The first-order valence-electron chi connectivity index (χ1n) is 10.5. The molecule has 0 aliphatic carbocycles. The van der Waals surface area contributed by atoms with Crippen LogP contribution < -0.4 is 10.2 Å². The Labute approximate surface area is 173 Å². The average Bonchev–Trinajstić information content (AvgIpc) is 2.75. The molecule has 1 aliphatic rings. The molecule has 1 aliphatic heterocycles. The number of pyridine rings is 1. The molecule has 5 heteroatoms. The van der Waals surface area contributed by atoms with E-state index < -0.39 is 0 Å². The number of nitrogens with zero attached hydrogens (tertiary/aromatic N) is 4. The molecule has 1 aromatic carbocycles. The van der Waals surface area contributed by atoms with Crippen molar-refractivity contribution in [2.75, 3.05) is 18.0 Å². The van der Waals surface area contributed by atoms with Crippen LogP contribution in [0.1, 0.15) is 31.2 Å². The lowest BCUT2D eigenvalue weighted by Crippen LogP contribution is -2.46. The van der Waals surface area contributed by atoms with Gasteiger partial charge in [-0.15, -0.1) is 0 Å². The molecular formula is C24H29N5. The van der Waals surface area contributed by atoms with Crippen LogP contribution in [0.2, 0.25) is 0 Å². The number of hydrogen-bond donors (Lipinski definition) is 1. The molecule has 3 heterocycles. The lowest BCUT2D eigenvalue weighted by molar-refractivity contribution is 0.375. The Kier molecular flexibility index (Phi) is 6.15. The number of aryl methyl sites for hydroxylation is 1. The molecule has 0 radical (unpaired) electrons. The highest BCUT2D eigenvalue weighted by molar-refractivity contribution is 5.65. The lowest BCUT2D eigenvalue weighted by Gasteiger charge is -2.35. The summed E-state index contributed by atoms with van der Waals surface area (Å²) in [6.45, 7) is 6.35. The van der Waals surface area contributed by atoms with Crippen LogP contribution in [0.4, 0.5) is 5.69 Å². The fourth-order valence-corrected chi connectivity index (χ4v) is 4.12. The molecular weight excluding hydrogens is 358 g/mol. The minimum atomic E-state index is 0.458. The quantitative estimate of drug-likeness (QED) is 0.692. The Balaban J connectivity index is 1.33. The van der Waals surface area contributed by atoms with Crippen molar-refractivity contribution in [2.24, 2.45) is 0 Å². The van der Waals surface area contributed by atoms with Gasteiger partial charge in [-0.25, -0.2) is 9.97 Å². The van der Waals surface area contributed by atoms with Gasteiger partial charge in [-0.3, -0.25) is 4.98 Å². The Morgan fingerprint density at radius 3 is 2.72 bits per heavy atom. The highest BCUT2D eigenvalue weighted by atomic mass is 15.1. The molecule has 5 nitrogen and oxygen atoms in total. The summed E-state index contributed by atoms with van der Waals surface area (Å²) >= 11 is 0. The number of rotatable bonds is 6. The SMILES string of the molecule is Cc1nccc(-c2cccc(N3CCC(NC(C)Cc4cccnc4)CC3)c2)n1. The van der Waals surface area contributed by atoms with Gasteiger partial charge < -0.3 is 10.2 Å². The van der Waals surface area contributed by atoms with E-state index in [4.69, 9.17) is 0 Å². The van der Waals surface area contributed by atoms with Crippen molar-refractivity contribution in [2.45, 2.75) is 45.2 Å². The third-order valence-electron chi connectivity index (χ3n) is 5.56. The van der Waals surface area contributed by atoms with Gasteiger partial charge >= 0.3 is 0 Å². The summed E-state index contributed by atoms with van der Waals surface area (Å²) in [6, 6.07) is 15.9. The van der Waals surface area contributed by atoms with E-state index in [2.05, 4.69) is 62.4 Å². The normalized spacial score (nSPS) is 16.0. The highest BCUT2D eigenvalue weighted by Gasteiger charge is 2.21. The monoisotopic (exact) mass is 387 g/mol. The van der Waals surface area contributed by atoms with Gasteiger partial charge in [-0.2, -0.15) is 0 Å². The zero-order valence-corrected chi connectivity index (χ0v) is 17.3. The highest BCUT2D eigenvalue weighted by Crippen LogP contribution is 2.26. The van der Waals surface area contributed by atoms with Gasteiger partial charge in [0.25, 0.3) is 0 Å². The van der Waals surface area contributed by atoms with Crippen LogP contribution in [0.3, 0.4) is 0 Å². The minimum Gasteiger partial charge on any atom is -0.371 e. The van der Waals surface area contributed by atoms with E-state index >= 15 is 0 Å². The third-order valence-corrected chi connectivity index (χ3v) is 5.56. The Morgan fingerprint density at radius 1 is 1.10 bits per heavy atom. The summed E-state index contributed by atoms with van der Waals surface area (Å²) in [5, 5.41) is 3.81. The smallest absolute Gasteiger partial charge is 0.125 e. The second-order valence-corrected chi connectivity index (χ2v) is 7.93. The van der Waals surface area contributed by atoms with Crippen molar-refractivity contribution in [1.82, 2.24) is 20.3 Å². The van der Waals surface area contributed by atoms with E-state index in [1.165, 1.54) is 11.3 Å². The number of piperidine rings is 1. The lowest BCUT2D eigenvalue weighted by atomic mass is 10.0. The maximum Gasteiger partial charge on any atom is 0.125 e. The number of benzene rings is 1. The van der Waals surface area contributed by atoms with Gasteiger partial charge in [0.05, 0.1) is 5.69 Å². The molecule has 0 spiro atoms.